The lowest BCUT2D eigenvalue weighted by atomic mass is 10.0. The fourth-order valence-electron chi connectivity index (χ4n) is 3.16. The largest absolute Gasteiger partial charge is 0.349 e. The summed E-state index contributed by atoms with van der Waals surface area (Å²) < 4.78 is 24.9. The maximum absolute atomic E-state index is 12.6. The molecule has 1 fully saturated rings. The van der Waals surface area contributed by atoms with Crippen LogP contribution in [0.5, 0.6) is 0 Å². The van der Waals surface area contributed by atoms with Crippen LogP contribution < -0.4 is 10.0 Å². The molecule has 148 valence electrons. The van der Waals surface area contributed by atoms with Gasteiger partial charge in [0, 0.05) is 35.9 Å². The number of sulfonamides is 1. The molecule has 0 saturated carbocycles. The zero-order valence-corrected chi connectivity index (χ0v) is 16.4. The summed E-state index contributed by atoms with van der Waals surface area (Å²) in [6, 6.07) is 15.5. The van der Waals surface area contributed by atoms with Gasteiger partial charge in [-0.15, -0.1) is 0 Å². The number of piperidine rings is 1. The number of amides is 2. The van der Waals surface area contributed by atoms with Crippen LogP contribution in [0.4, 0.5) is 5.69 Å². The third-order valence-corrected chi connectivity index (χ3v) is 5.19. The summed E-state index contributed by atoms with van der Waals surface area (Å²) in [6.45, 7) is 1.11. The molecule has 0 atom stereocenters. The Labute approximate surface area is 164 Å². The highest BCUT2D eigenvalue weighted by atomic mass is 32.2. The Hall–Kier alpha value is -2.87. The lowest BCUT2D eigenvalue weighted by Gasteiger charge is -2.32. The summed E-state index contributed by atoms with van der Waals surface area (Å²) in [5.74, 6) is -0.196. The molecule has 0 bridgehead atoms. The first-order valence-corrected chi connectivity index (χ1v) is 10.9. The summed E-state index contributed by atoms with van der Waals surface area (Å²) in [7, 11) is -3.35. The molecule has 28 heavy (non-hydrogen) atoms. The van der Waals surface area contributed by atoms with Gasteiger partial charge in [-0.25, -0.2) is 8.42 Å². The number of benzene rings is 2. The molecule has 0 aliphatic carbocycles. The van der Waals surface area contributed by atoms with Crippen LogP contribution in [0.1, 0.15) is 33.6 Å². The number of carbonyl (C=O) groups excluding carboxylic acids is 2. The van der Waals surface area contributed by atoms with Crippen LogP contribution in [0, 0.1) is 0 Å². The first kappa shape index (κ1) is 19.9. The lowest BCUT2D eigenvalue weighted by molar-refractivity contribution is 0.0698. The number of nitrogens with one attached hydrogen (secondary N) is 2. The molecular formula is C20H23N3O4S. The van der Waals surface area contributed by atoms with Gasteiger partial charge in [-0.1, -0.05) is 18.2 Å². The van der Waals surface area contributed by atoms with Crippen LogP contribution in [-0.2, 0) is 10.0 Å². The monoisotopic (exact) mass is 401 g/mol. The van der Waals surface area contributed by atoms with Crippen LogP contribution >= 0.6 is 0 Å². The molecule has 0 aromatic heterocycles. The van der Waals surface area contributed by atoms with Crippen LogP contribution in [0.2, 0.25) is 0 Å². The molecule has 1 saturated heterocycles. The second kappa shape index (κ2) is 8.43. The average Bonchev–Trinajstić information content (AvgIpc) is 2.68. The second-order valence-electron chi connectivity index (χ2n) is 6.86. The summed E-state index contributed by atoms with van der Waals surface area (Å²) in [6.07, 6.45) is 2.46. The van der Waals surface area contributed by atoms with E-state index in [2.05, 4.69) is 10.0 Å². The Balaban J connectivity index is 1.53. The van der Waals surface area contributed by atoms with Gasteiger partial charge in [-0.05, 0) is 49.2 Å². The molecule has 2 amide bonds. The highest BCUT2D eigenvalue weighted by Gasteiger charge is 2.24. The normalized spacial score (nSPS) is 15.1. The summed E-state index contributed by atoms with van der Waals surface area (Å²) >= 11 is 0. The number of rotatable bonds is 5. The van der Waals surface area contributed by atoms with Crippen LogP contribution in [0.3, 0.4) is 0 Å². The standard InChI is InChI=1S/C20H23N3O4S/c1-28(26,27)22-18-9-7-16(8-10-18)20(25)23-13-11-17(12-14-23)21-19(24)15-5-3-2-4-6-15/h2-10,17,22H,11-14H2,1H3,(H,21,24). The van der Waals surface area contributed by atoms with E-state index in [9.17, 15) is 18.0 Å². The molecule has 2 aromatic rings. The van der Waals surface area contributed by atoms with Crippen molar-refractivity contribution in [1.82, 2.24) is 10.2 Å². The quantitative estimate of drug-likeness (QED) is 0.802. The third kappa shape index (κ3) is 5.32. The van der Waals surface area contributed by atoms with Crippen molar-refractivity contribution in [3.05, 3.63) is 65.7 Å². The molecular weight excluding hydrogens is 378 g/mol. The minimum atomic E-state index is -3.35. The second-order valence-corrected chi connectivity index (χ2v) is 8.61. The fourth-order valence-corrected chi connectivity index (χ4v) is 3.73. The molecule has 3 rings (SSSR count). The minimum Gasteiger partial charge on any atom is -0.349 e. The molecule has 0 spiro atoms. The Kier molecular flexibility index (Phi) is 5.99. The van der Waals surface area contributed by atoms with Crippen molar-refractivity contribution in [2.24, 2.45) is 0 Å². The van der Waals surface area contributed by atoms with Crippen molar-refractivity contribution in [3.8, 4) is 0 Å². The molecule has 0 unspecified atom stereocenters. The first-order valence-electron chi connectivity index (χ1n) is 9.05. The fraction of sp³-hybridized carbons (Fsp3) is 0.300. The topological polar surface area (TPSA) is 95.6 Å². The van der Waals surface area contributed by atoms with E-state index < -0.39 is 10.0 Å². The van der Waals surface area contributed by atoms with Gasteiger partial charge in [0.2, 0.25) is 10.0 Å². The zero-order chi connectivity index (χ0) is 20.1. The Morgan fingerprint density at radius 3 is 2.11 bits per heavy atom. The van der Waals surface area contributed by atoms with Crippen molar-refractivity contribution < 1.29 is 18.0 Å². The molecule has 1 aliphatic heterocycles. The number of anilines is 1. The van der Waals surface area contributed by atoms with E-state index in [1.807, 2.05) is 18.2 Å². The van der Waals surface area contributed by atoms with Crippen molar-refractivity contribution in [3.63, 3.8) is 0 Å². The molecule has 2 aromatic carbocycles. The van der Waals surface area contributed by atoms with Crippen LogP contribution in [0.25, 0.3) is 0 Å². The smallest absolute Gasteiger partial charge is 0.253 e. The first-order chi connectivity index (χ1) is 13.3. The highest BCUT2D eigenvalue weighted by Crippen LogP contribution is 2.17. The predicted octanol–water partition coefficient (Wildman–Crippen LogP) is 2.09. The van der Waals surface area contributed by atoms with Crippen molar-refractivity contribution >= 4 is 27.5 Å². The maximum atomic E-state index is 12.6. The van der Waals surface area contributed by atoms with Gasteiger partial charge in [-0.3, -0.25) is 14.3 Å². The van der Waals surface area contributed by atoms with Gasteiger partial charge in [0.1, 0.15) is 0 Å². The summed E-state index contributed by atoms with van der Waals surface area (Å²) in [5, 5.41) is 3.02. The Morgan fingerprint density at radius 1 is 0.929 bits per heavy atom. The predicted molar refractivity (Wildman–Crippen MR) is 108 cm³/mol. The van der Waals surface area contributed by atoms with E-state index in [0.29, 0.717) is 42.7 Å². The number of carbonyl (C=O) groups is 2. The number of likely N-dealkylation sites (tertiary alicyclic amines) is 1. The van der Waals surface area contributed by atoms with E-state index in [4.69, 9.17) is 0 Å². The molecule has 0 radical (unpaired) electrons. The van der Waals surface area contributed by atoms with E-state index in [-0.39, 0.29) is 17.9 Å². The number of hydrogen-bond donors (Lipinski definition) is 2. The summed E-state index contributed by atoms with van der Waals surface area (Å²) in [5.41, 5.74) is 1.55. The number of hydrogen-bond acceptors (Lipinski definition) is 4. The van der Waals surface area contributed by atoms with Gasteiger partial charge in [0.25, 0.3) is 11.8 Å². The SMILES string of the molecule is CS(=O)(=O)Nc1ccc(C(=O)N2CCC(NC(=O)c3ccccc3)CC2)cc1. The molecule has 7 nitrogen and oxygen atoms in total. The molecule has 1 heterocycles. The van der Waals surface area contributed by atoms with Crippen LogP contribution in [-0.4, -0.2) is 50.5 Å². The molecule has 1 aliphatic rings. The molecule has 8 heteroatoms. The maximum Gasteiger partial charge on any atom is 0.253 e. The van der Waals surface area contributed by atoms with Crippen molar-refractivity contribution in [2.75, 3.05) is 24.1 Å². The Bertz CT molecular complexity index is 935. The van der Waals surface area contributed by atoms with E-state index in [1.165, 1.54) is 0 Å². The van der Waals surface area contributed by atoms with E-state index in [0.717, 1.165) is 6.26 Å². The summed E-state index contributed by atoms with van der Waals surface area (Å²) in [4.78, 5) is 26.6. The van der Waals surface area contributed by atoms with Gasteiger partial charge >= 0.3 is 0 Å². The highest BCUT2D eigenvalue weighted by molar-refractivity contribution is 7.92. The molecule has 2 N–H and O–H groups in total. The van der Waals surface area contributed by atoms with Crippen molar-refractivity contribution in [2.45, 2.75) is 18.9 Å². The van der Waals surface area contributed by atoms with Gasteiger partial charge in [0.15, 0.2) is 0 Å². The lowest BCUT2D eigenvalue weighted by Crippen LogP contribution is -2.46. The van der Waals surface area contributed by atoms with E-state index >= 15 is 0 Å². The number of nitrogens with zero attached hydrogens (tertiary/aromatic N) is 1. The van der Waals surface area contributed by atoms with Gasteiger partial charge < -0.3 is 10.2 Å². The van der Waals surface area contributed by atoms with Gasteiger partial charge in [0.05, 0.1) is 6.26 Å². The zero-order valence-electron chi connectivity index (χ0n) is 15.6. The average molecular weight is 401 g/mol. The van der Waals surface area contributed by atoms with E-state index in [1.54, 1.807) is 41.3 Å². The third-order valence-electron chi connectivity index (χ3n) is 4.59. The van der Waals surface area contributed by atoms with Crippen molar-refractivity contribution in [1.29, 1.82) is 0 Å². The minimum absolute atomic E-state index is 0.0399. The van der Waals surface area contributed by atoms with Gasteiger partial charge in [-0.2, -0.15) is 0 Å². The van der Waals surface area contributed by atoms with Crippen LogP contribution in [0.15, 0.2) is 54.6 Å². The Morgan fingerprint density at radius 2 is 1.54 bits per heavy atom.